The van der Waals surface area contributed by atoms with Gasteiger partial charge in [0, 0.05) is 10.9 Å². The second-order valence-corrected chi connectivity index (χ2v) is 6.84. The van der Waals surface area contributed by atoms with Crippen LogP contribution in [-0.4, -0.2) is 21.7 Å². The summed E-state index contributed by atoms with van der Waals surface area (Å²) in [7, 11) is 0. The molecule has 0 saturated heterocycles. The Morgan fingerprint density at radius 3 is 2.40 bits per heavy atom. The molecule has 0 saturated carbocycles. The number of carbonyl (C=O) groups is 1. The summed E-state index contributed by atoms with van der Waals surface area (Å²) >= 11 is 0. The lowest BCUT2D eigenvalue weighted by Crippen LogP contribution is -2.20. The molecule has 0 aliphatic rings. The monoisotopic (exact) mass is 395 g/mol. The van der Waals surface area contributed by atoms with E-state index in [0.29, 0.717) is 12.0 Å². The summed E-state index contributed by atoms with van der Waals surface area (Å²) in [4.78, 5) is 17.8. The number of phenolic OH excluding ortho intramolecular Hbond substituents is 1. The van der Waals surface area contributed by atoms with Crippen LogP contribution in [0.5, 0.6) is 5.75 Å². The molecule has 148 valence electrons. The highest BCUT2D eigenvalue weighted by atomic mass is 16.3. The van der Waals surface area contributed by atoms with Crippen LogP contribution in [0.15, 0.2) is 90.0 Å². The average Bonchev–Trinajstić information content (AvgIpc) is 2.80. The molecule has 3 aromatic carbocycles. The number of aromatic nitrogens is 1. The number of hydrazone groups is 1. The van der Waals surface area contributed by atoms with E-state index in [4.69, 9.17) is 4.98 Å². The molecule has 4 aromatic rings. The molecule has 1 amide bonds. The zero-order valence-corrected chi connectivity index (χ0v) is 16.5. The predicted octanol–water partition coefficient (Wildman–Crippen LogP) is 5.15. The predicted molar refractivity (Wildman–Crippen MR) is 120 cm³/mol. The van der Waals surface area contributed by atoms with Crippen LogP contribution in [0, 0.1) is 0 Å². The van der Waals surface area contributed by atoms with Gasteiger partial charge in [-0.1, -0.05) is 55.5 Å². The van der Waals surface area contributed by atoms with Gasteiger partial charge in [-0.25, -0.2) is 10.4 Å². The van der Waals surface area contributed by atoms with E-state index < -0.39 is 0 Å². The minimum atomic E-state index is -0.296. The lowest BCUT2D eigenvalue weighted by molar-refractivity contribution is 0.0956. The first-order valence-corrected chi connectivity index (χ1v) is 9.77. The molecule has 0 unspecified atom stereocenters. The first-order valence-electron chi connectivity index (χ1n) is 9.77. The van der Waals surface area contributed by atoms with Gasteiger partial charge in [0.15, 0.2) is 0 Å². The number of phenols is 1. The number of aromatic hydroxyl groups is 1. The van der Waals surface area contributed by atoms with E-state index in [2.05, 4.69) is 10.5 Å². The molecule has 0 radical (unpaired) electrons. The fourth-order valence-electron chi connectivity index (χ4n) is 3.30. The average molecular weight is 395 g/mol. The van der Waals surface area contributed by atoms with Gasteiger partial charge in [-0.3, -0.25) is 4.79 Å². The van der Waals surface area contributed by atoms with Crippen molar-refractivity contribution in [2.75, 3.05) is 0 Å². The third-order valence-corrected chi connectivity index (χ3v) is 4.86. The third kappa shape index (κ3) is 4.05. The lowest BCUT2D eigenvalue weighted by Gasteiger charge is -2.10. The molecule has 30 heavy (non-hydrogen) atoms. The molecule has 0 bridgehead atoms. The van der Waals surface area contributed by atoms with Crippen molar-refractivity contribution in [1.82, 2.24) is 10.4 Å². The summed E-state index contributed by atoms with van der Waals surface area (Å²) < 4.78 is 0. The van der Waals surface area contributed by atoms with E-state index >= 15 is 0 Å². The van der Waals surface area contributed by atoms with Gasteiger partial charge < -0.3 is 5.11 Å². The van der Waals surface area contributed by atoms with Crippen molar-refractivity contribution in [3.63, 3.8) is 0 Å². The minimum absolute atomic E-state index is 0.190. The van der Waals surface area contributed by atoms with Gasteiger partial charge in [0.1, 0.15) is 5.75 Å². The summed E-state index contributed by atoms with van der Waals surface area (Å²) in [6.45, 7) is 1.97. The maximum absolute atomic E-state index is 13.1. The number of hydrogen-bond acceptors (Lipinski definition) is 4. The van der Waals surface area contributed by atoms with Crippen molar-refractivity contribution in [3.8, 4) is 17.0 Å². The quantitative estimate of drug-likeness (QED) is 0.362. The maximum atomic E-state index is 13.1. The Morgan fingerprint density at radius 2 is 1.67 bits per heavy atom. The molecular weight excluding hydrogens is 374 g/mol. The van der Waals surface area contributed by atoms with Gasteiger partial charge in [-0.2, -0.15) is 5.10 Å². The van der Waals surface area contributed by atoms with Gasteiger partial charge in [0.25, 0.3) is 5.91 Å². The van der Waals surface area contributed by atoms with Gasteiger partial charge in [0.05, 0.1) is 22.5 Å². The van der Waals surface area contributed by atoms with Crippen LogP contribution in [-0.2, 0) is 0 Å². The van der Waals surface area contributed by atoms with E-state index in [9.17, 15) is 9.90 Å². The van der Waals surface area contributed by atoms with Crippen molar-refractivity contribution in [2.24, 2.45) is 5.10 Å². The number of benzene rings is 3. The fraction of sp³-hybridized carbons (Fsp3) is 0.0800. The van der Waals surface area contributed by atoms with Crippen LogP contribution >= 0.6 is 0 Å². The van der Waals surface area contributed by atoms with Crippen molar-refractivity contribution in [2.45, 2.75) is 13.3 Å². The highest BCUT2D eigenvalue weighted by Crippen LogP contribution is 2.24. The van der Waals surface area contributed by atoms with Gasteiger partial charge in [-0.05, 0) is 48.4 Å². The Labute approximate surface area is 174 Å². The molecule has 0 aliphatic carbocycles. The molecular formula is C25H21N3O2. The van der Waals surface area contributed by atoms with Crippen molar-refractivity contribution in [3.05, 3.63) is 96.1 Å². The van der Waals surface area contributed by atoms with E-state index in [0.717, 1.165) is 33.4 Å². The molecule has 5 heteroatoms. The Hall–Kier alpha value is -3.99. The number of pyridine rings is 1. The molecule has 4 rings (SSSR count). The number of hydrogen-bond donors (Lipinski definition) is 2. The summed E-state index contributed by atoms with van der Waals surface area (Å²) in [6, 6.07) is 25.9. The summed E-state index contributed by atoms with van der Waals surface area (Å²) in [5.74, 6) is -0.106. The lowest BCUT2D eigenvalue weighted by atomic mass is 10.0. The number of rotatable bonds is 5. The number of para-hydroxylation sites is 1. The molecule has 5 nitrogen and oxygen atoms in total. The number of nitrogens with one attached hydrogen (secondary N) is 1. The van der Waals surface area contributed by atoms with Crippen LogP contribution in [0.2, 0.25) is 0 Å². The number of amides is 1. The van der Waals surface area contributed by atoms with Crippen LogP contribution in [0.4, 0.5) is 0 Å². The second kappa shape index (κ2) is 8.57. The van der Waals surface area contributed by atoms with Crippen LogP contribution in [0.1, 0.15) is 29.3 Å². The largest absolute Gasteiger partial charge is 0.508 e. The summed E-state index contributed by atoms with van der Waals surface area (Å²) in [6.07, 6.45) is 0.636. The van der Waals surface area contributed by atoms with Crippen LogP contribution < -0.4 is 5.43 Å². The van der Waals surface area contributed by atoms with Crippen LogP contribution in [0.3, 0.4) is 0 Å². The van der Waals surface area contributed by atoms with Crippen molar-refractivity contribution in [1.29, 1.82) is 0 Å². The molecule has 0 spiro atoms. The molecule has 0 fully saturated rings. The Bertz CT molecular complexity index is 1220. The van der Waals surface area contributed by atoms with Gasteiger partial charge >= 0.3 is 0 Å². The normalized spacial score (nSPS) is 11.4. The molecule has 0 aliphatic heterocycles. The maximum Gasteiger partial charge on any atom is 0.272 e. The smallest absolute Gasteiger partial charge is 0.272 e. The molecule has 1 heterocycles. The zero-order valence-electron chi connectivity index (χ0n) is 16.5. The minimum Gasteiger partial charge on any atom is -0.508 e. The first kappa shape index (κ1) is 19.3. The van der Waals surface area contributed by atoms with E-state index in [-0.39, 0.29) is 11.7 Å². The van der Waals surface area contributed by atoms with E-state index in [1.165, 1.54) is 0 Å². The summed E-state index contributed by atoms with van der Waals surface area (Å²) in [5, 5.41) is 14.6. The molecule has 1 aromatic heterocycles. The fourth-order valence-corrected chi connectivity index (χ4v) is 3.30. The zero-order chi connectivity index (χ0) is 20.9. The first-order chi connectivity index (χ1) is 14.7. The molecule has 0 atom stereocenters. The number of carbonyl (C=O) groups excluding carboxylic acids is 1. The highest BCUT2D eigenvalue weighted by molar-refractivity contribution is 6.08. The summed E-state index contributed by atoms with van der Waals surface area (Å²) in [5.41, 5.74) is 7.21. The standard InChI is InChI=1S/C25H21N3O2/c1-2-22(18-12-14-19(29)15-13-18)27-28-25(30)21-16-24(17-8-4-3-5-9-17)26-23-11-7-6-10-20(21)23/h3-16,29H,2H2,1H3,(H,28,30)/b27-22+. The Kier molecular flexibility index (Phi) is 5.52. The number of nitrogens with zero attached hydrogens (tertiary/aromatic N) is 2. The second-order valence-electron chi connectivity index (χ2n) is 6.84. The molecule has 2 N–H and O–H groups in total. The SMILES string of the molecule is CC/C(=N\NC(=O)c1cc(-c2ccccc2)nc2ccccc12)c1ccc(O)cc1. The van der Waals surface area contributed by atoms with E-state index in [1.807, 2.05) is 61.5 Å². The van der Waals surface area contributed by atoms with Crippen LogP contribution in [0.25, 0.3) is 22.2 Å². The van der Waals surface area contributed by atoms with Crippen molar-refractivity contribution < 1.29 is 9.90 Å². The topological polar surface area (TPSA) is 74.6 Å². The Morgan fingerprint density at radius 1 is 0.967 bits per heavy atom. The number of fused-ring (bicyclic) bond motifs is 1. The van der Waals surface area contributed by atoms with Gasteiger partial charge in [-0.15, -0.1) is 0 Å². The third-order valence-electron chi connectivity index (χ3n) is 4.86. The van der Waals surface area contributed by atoms with Crippen molar-refractivity contribution >= 4 is 22.5 Å². The van der Waals surface area contributed by atoms with Gasteiger partial charge in [0.2, 0.25) is 0 Å². The Balaban J connectivity index is 1.71. The van der Waals surface area contributed by atoms with E-state index in [1.54, 1.807) is 30.3 Å². The highest BCUT2D eigenvalue weighted by Gasteiger charge is 2.14.